The summed E-state index contributed by atoms with van der Waals surface area (Å²) < 4.78 is 5.29. The van der Waals surface area contributed by atoms with E-state index in [1.165, 1.54) is 0 Å². The molecule has 3 fully saturated rings. The van der Waals surface area contributed by atoms with Gasteiger partial charge in [-0.25, -0.2) is 0 Å². The third-order valence-electron chi connectivity index (χ3n) is 2.30. The van der Waals surface area contributed by atoms with E-state index in [1.807, 2.05) is 0 Å². The van der Waals surface area contributed by atoms with Crippen LogP contribution in [0.4, 0.5) is 0 Å². The fourth-order valence-corrected chi connectivity index (χ4v) is 1.89. The molecule has 0 amide bonds. The molecule has 4 heteroatoms. The van der Waals surface area contributed by atoms with Gasteiger partial charge >= 0.3 is 0 Å². The first kappa shape index (κ1) is 8.27. The Hall–Kier alpha value is 0.170. The second-order valence-electron chi connectivity index (χ2n) is 3.35. The number of hydrogen-bond acceptors (Lipinski definition) is 3. The van der Waals surface area contributed by atoms with E-state index in [0.29, 0.717) is 6.61 Å². The van der Waals surface area contributed by atoms with Gasteiger partial charge in [0.05, 0.1) is 18.8 Å². The van der Waals surface area contributed by atoms with Gasteiger partial charge in [-0.1, -0.05) is 0 Å². The second-order valence-corrected chi connectivity index (χ2v) is 3.35. The number of fused-ring (bicyclic) bond motifs is 1. The molecule has 2 aliphatic heterocycles. The van der Waals surface area contributed by atoms with Crippen molar-refractivity contribution >= 4 is 12.4 Å². The number of aliphatic hydroxyl groups is 1. The Morgan fingerprint density at radius 2 is 2.10 bits per heavy atom. The molecule has 10 heavy (non-hydrogen) atoms. The molecule has 1 saturated carbocycles. The highest BCUT2D eigenvalue weighted by molar-refractivity contribution is 5.85. The monoisotopic (exact) mass is 165 g/mol. The molecule has 3 N–H and O–H groups in total. The van der Waals surface area contributed by atoms with Crippen LogP contribution in [0.15, 0.2) is 0 Å². The zero-order valence-corrected chi connectivity index (χ0v) is 6.49. The van der Waals surface area contributed by atoms with Gasteiger partial charge in [0.25, 0.3) is 0 Å². The number of rotatable bonds is 1. The van der Waals surface area contributed by atoms with Gasteiger partial charge in [0.15, 0.2) is 0 Å². The van der Waals surface area contributed by atoms with Crippen LogP contribution in [-0.2, 0) is 4.74 Å². The molecule has 3 rings (SSSR count). The maximum atomic E-state index is 8.80. The summed E-state index contributed by atoms with van der Waals surface area (Å²) in [6.45, 7) is 0.763. The second kappa shape index (κ2) is 2.08. The van der Waals surface area contributed by atoms with Crippen LogP contribution in [0.2, 0.25) is 0 Å². The lowest BCUT2D eigenvalue weighted by atomic mass is 9.70. The molecule has 3 aliphatic rings. The van der Waals surface area contributed by atoms with Gasteiger partial charge in [-0.3, -0.25) is 0 Å². The van der Waals surface area contributed by atoms with Crippen LogP contribution in [0.1, 0.15) is 12.8 Å². The van der Waals surface area contributed by atoms with E-state index in [4.69, 9.17) is 15.6 Å². The summed E-state index contributed by atoms with van der Waals surface area (Å²) in [6.07, 6.45) is 1.69. The number of hydrogen-bond donors (Lipinski definition) is 2. The normalized spacial score (nSPS) is 49.8. The predicted molar refractivity (Wildman–Crippen MR) is 39.2 cm³/mol. The summed E-state index contributed by atoms with van der Waals surface area (Å²) in [4.78, 5) is 0. The van der Waals surface area contributed by atoms with E-state index >= 15 is 0 Å². The largest absolute Gasteiger partial charge is 0.393 e. The standard InChI is InChI=1S/C6H11NO2.ClH/c7-5-1-6(2-5,3-8)9-4-5;/h8H,1-4,7H2;1H. The fraction of sp³-hybridized carbons (Fsp3) is 1.00. The lowest BCUT2D eigenvalue weighted by molar-refractivity contribution is -0.0467. The number of halogens is 1. The minimum absolute atomic E-state index is 0. The summed E-state index contributed by atoms with van der Waals surface area (Å²) in [5.41, 5.74) is 5.46. The van der Waals surface area contributed by atoms with Gasteiger partial charge in [0.1, 0.15) is 0 Å². The van der Waals surface area contributed by atoms with Crippen molar-refractivity contribution in [3.8, 4) is 0 Å². The number of ether oxygens (including phenoxy) is 1. The Kier molecular flexibility index (Phi) is 1.72. The SMILES string of the molecule is Cl.NC12COC(CO)(C1)C2. The van der Waals surface area contributed by atoms with Crippen molar-refractivity contribution in [2.24, 2.45) is 5.73 Å². The van der Waals surface area contributed by atoms with Gasteiger partial charge in [0, 0.05) is 5.54 Å². The molecule has 0 spiro atoms. The van der Waals surface area contributed by atoms with E-state index in [-0.39, 0.29) is 30.2 Å². The average molecular weight is 166 g/mol. The van der Waals surface area contributed by atoms with Gasteiger partial charge in [-0.2, -0.15) is 0 Å². The highest BCUT2D eigenvalue weighted by atomic mass is 35.5. The van der Waals surface area contributed by atoms with Crippen LogP contribution in [-0.4, -0.2) is 29.5 Å². The van der Waals surface area contributed by atoms with Crippen molar-refractivity contribution in [1.82, 2.24) is 0 Å². The van der Waals surface area contributed by atoms with E-state index in [0.717, 1.165) is 12.8 Å². The topological polar surface area (TPSA) is 55.5 Å². The molecule has 1 aliphatic carbocycles. The molecule has 60 valence electrons. The molecule has 0 radical (unpaired) electrons. The molecule has 2 heterocycles. The van der Waals surface area contributed by atoms with Crippen molar-refractivity contribution in [3.63, 3.8) is 0 Å². The lowest BCUT2D eigenvalue weighted by Gasteiger charge is -2.40. The van der Waals surface area contributed by atoms with Gasteiger partial charge in [-0.15, -0.1) is 12.4 Å². The maximum absolute atomic E-state index is 8.80. The van der Waals surface area contributed by atoms with E-state index in [1.54, 1.807) is 0 Å². The number of nitrogens with two attached hydrogens (primary N) is 1. The van der Waals surface area contributed by atoms with E-state index in [9.17, 15) is 0 Å². The molecule has 0 unspecified atom stereocenters. The fourth-order valence-electron chi connectivity index (χ4n) is 1.89. The summed E-state index contributed by atoms with van der Waals surface area (Å²) in [7, 11) is 0. The van der Waals surface area contributed by atoms with Crippen molar-refractivity contribution in [3.05, 3.63) is 0 Å². The third kappa shape index (κ3) is 0.855. The predicted octanol–water partition coefficient (Wildman–Crippen LogP) is -0.339. The third-order valence-corrected chi connectivity index (χ3v) is 2.30. The molecular formula is C6H12ClNO2. The minimum Gasteiger partial charge on any atom is -0.393 e. The van der Waals surface area contributed by atoms with Crippen LogP contribution >= 0.6 is 12.4 Å². The van der Waals surface area contributed by atoms with Crippen molar-refractivity contribution in [1.29, 1.82) is 0 Å². The summed E-state index contributed by atoms with van der Waals surface area (Å²) in [6, 6.07) is 0. The van der Waals surface area contributed by atoms with Gasteiger partial charge in [-0.05, 0) is 12.8 Å². The highest BCUT2D eigenvalue weighted by Gasteiger charge is 2.60. The molecule has 3 nitrogen and oxygen atoms in total. The van der Waals surface area contributed by atoms with E-state index < -0.39 is 0 Å². The molecule has 0 aromatic heterocycles. The van der Waals surface area contributed by atoms with Crippen molar-refractivity contribution in [2.75, 3.05) is 13.2 Å². The molecule has 0 aromatic carbocycles. The summed E-state index contributed by atoms with van der Waals surface area (Å²) in [5, 5.41) is 8.80. The molecule has 0 aromatic rings. The Labute approximate surface area is 66.0 Å². The quantitative estimate of drug-likeness (QED) is 0.559. The molecule has 2 bridgehead atoms. The maximum Gasteiger partial charge on any atom is 0.0949 e. The summed E-state index contributed by atoms with van der Waals surface area (Å²) >= 11 is 0. The Balaban J connectivity index is 0.000000500. The highest BCUT2D eigenvalue weighted by Crippen LogP contribution is 2.49. The van der Waals surface area contributed by atoms with E-state index in [2.05, 4.69) is 0 Å². The van der Waals surface area contributed by atoms with Crippen LogP contribution in [0.25, 0.3) is 0 Å². The van der Waals surface area contributed by atoms with Crippen molar-refractivity contribution < 1.29 is 9.84 Å². The zero-order chi connectivity index (χ0) is 6.54. The smallest absolute Gasteiger partial charge is 0.0949 e. The van der Waals surface area contributed by atoms with Crippen molar-refractivity contribution in [2.45, 2.75) is 24.0 Å². The first-order chi connectivity index (χ1) is 4.18. The minimum atomic E-state index is -0.227. The average Bonchev–Trinajstić information content (AvgIpc) is 2.20. The molecule has 0 atom stereocenters. The van der Waals surface area contributed by atoms with Crippen LogP contribution in [0.5, 0.6) is 0 Å². The lowest BCUT2D eigenvalue weighted by Crippen LogP contribution is -2.56. The number of aliphatic hydroxyl groups excluding tert-OH is 1. The Morgan fingerprint density at radius 1 is 1.50 bits per heavy atom. The Bertz CT molecular complexity index is 145. The first-order valence-electron chi connectivity index (χ1n) is 3.22. The summed E-state index contributed by atoms with van der Waals surface area (Å²) in [5.74, 6) is 0. The van der Waals surface area contributed by atoms with Gasteiger partial charge < -0.3 is 15.6 Å². The van der Waals surface area contributed by atoms with Crippen LogP contribution < -0.4 is 5.73 Å². The molecular weight excluding hydrogens is 154 g/mol. The zero-order valence-electron chi connectivity index (χ0n) is 5.67. The molecule has 2 saturated heterocycles. The first-order valence-corrected chi connectivity index (χ1v) is 3.22. The van der Waals surface area contributed by atoms with Crippen LogP contribution in [0, 0.1) is 0 Å². The van der Waals surface area contributed by atoms with Gasteiger partial charge in [0.2, 0.25) is 0 Å². The Morgan fingerprint density at radius 3 is 2.30 bits per heavy atom. The van der Waals surface area contributed by atoms with Crippen LogP contribution in [0.3, 0.4) is 0 Å².